The van der Waals surface area contributed by atoms with E-state index < -0.39 is 16.4 Å². The number of hydrogen-bond donors (Lipinski definition) is 1. The molecule has 0 radical (unpaired) electrons. The van der Waals surface area contributed by atoms with Crippen molar-refractivity contribution in [3.8, 4) is 5.75 Å². The highest BCUT2D eigenvalue weighted by Gasteiger charge is 2.30. The fraction of sp³-hybridized carbons (Fsp3) is 0.533. The van der Waals surface area contributed by atoms with Gasteiger partial charge in [0.25, 0.3) is 5.91 Å². The van der Waals surface area contributed by atoms with Crippen LogP contribution in [0.3, 0.4) is 0 Å². The summed E-state index contributed by atoms with van der Waals surface area (Å²) in [5.41, 5.74) is -0.449. The summed E-state index contributed by atoms with van der Waals surface area (Å²) in [4.78, 5) is 24.3. The number of carbonyl (C=O) groups is 1. The Bertz CT molecular complexity index is 559. The predicted octanol–water partition coefficient (Wildman–Crippen LogP) is 2.95. The van der Waals surface area contributed by atoms with Crippen molar-refractivity contribution in [3.63, 3.8) is 0 Å². The minimum absolute atomic E-state index is 0.00975. The molecule has 0 aliphatic heterocycles. The topological polar surface area (TPSA) is 83.7 Å². The molecule has 21 heavy (non-hydrogen) atoms. The van der Waals surface area contributed by atoms with E-state index in [0.717, 1.165) is 19.3 Å². The van der Waals surface area contributed by atoms with Gasteiger partial charge in [0, 0.05) is 19.2 Å². The van der Waals surface area contributed by atoms with Crippen LogP contribution in [-0.4, -0.2) is 33.9 Å². The third-order valence-electron chi connectivity index (χ3n) is 4.33. The van der Waals surface area contributed by atoms with E-state index >= 15 is 0 Å². The molecule has 1 aliphatic rings. The zero-order valence-electron chi connectivity index (χ0n) is 12.3. The van der Waals surface area contributed by atoms with Crippen LogP contribution >= 0.6 is 0 Å². The van der Waals surface area contributed by atoms with Crippen LogP contribution in [0.15, 0.2) is 18.2 Å². The fourth-order valence-corrected chi connectivity index (χ4v) is 3.06. The lowest BCUT2D eigenvalue weighted by molar-refractivity contribution is -0.385. The molecule has 0 bridgehead atoms. The number of benzene rings is 1. The Hall–Kier alpha value is -2.11. The van der Waals surface area contributed by atoms with Crippen LogP contribution in [0.2, 0.25) is 0 Å². The first-order valence-corrected chi connectivity index (χ1v) is 7.17. The summed E-state index contributed by atoms with van der Waals surface area (Å²) in [6.07, 6.45) is 4.25. The molecule has 2 atom stereocenters. The number of hydrogen-bond acceptors (Lipinski definition) is 4. The van der Waals surface area contributed by atoms with Crippen molar-refractivity contribution in [1.29, 1.82) is 0 Å². The Morgan fingerprint density at radius 3 is 2.67 bits per heavy atom. The molecule has 1 saturated carbocycles. The van der Waals surface area contributed by atoms with Crippen LogP contribution in [0.1, 0.15) is 43.0 Å². The van der Waals surface area contributed by atoms with Gasteiger partial charge in [-0.1, -0.05) is 25.8 Å². The number of para-hydroxylation sites is 1. The number of carbonyl (C=O) groups excluding carboxylic acids is 1. The van der Waals surface area contributed by atoms with Crippen molar-refractivity contribution in [2.24, 2.45) is 5.92 Å². The molecule has 1 aliphatic carbocycles. The average molecular weight is 292 g/mol. The minimum Gasteiger partial charge on any atom is -0.502 e. The molecule has 0 aromatic heterocycles. The summed E-state index contributed by atoms with van der Waals surface area (Å²) < 4.78 is 0. The second-order valence-electron chi connectivity index (χ2n) is 5.68. The Morgan fingerprint density at radius 2 is 2.05 bits per heavy atom. The van der Waals surface area contributed by atoms with Crippen LogP contribution in [0.25, 0.3) is 0 Å². The molecule has 1 aromatic rings. The van der Waals surface area contributed by atoms with Gasteiger partial charge in [-0.15, -0.1) is 0 Å². The lowest BCUT2D eigenvalue weighted by Crippen LogP contribution is -2.42. The monoisotopic (exact) mass is 292 g/mol. The van der Waals surface area contributed by atoms with Gasteiger partial charge in [-0.2, -0.15) is 0 Å². The van der Waals surface area contributed by atoms with Crippen LogP contribution in [0.4, 0.5) is 5.69 Å². The number of phenolic OH excluding ortho intramolecular Hbond substituents is 1. The second-order valence-corrected chi connectivity index (χ2v) is 5.68. The standard InChI is InChI=1S/C15H20N2O4/c1-10-6-3-4-8-12(10)16(2)15(19)11-7-5-9-13(14(11)18)17(20)21/h5,7,9-10,12,18H,3-4,6,8H2,1-2H3. The molecule has 6 heteroatoms. The van der Waals surface area contributed by atoms with Gasteiger partial charge in [0.05, 0.1) is 10.5 Å². The Labute approximate surface area is 123 Å². The predicted molar refractivity (Wildman–Crippen MR) is 78.3 cm³/mol. The first-order chi connectivity index (χ1) is 9.93. The van der Waals surface area contributed by atoms with E-state index in [1.807, 2.05) is 0 Å². The summed E-state index contributed by atoms with van der Waals surface area (Å²) >= 11 is 0. The van der Waals surface area contributed by atoms with Crippen molar-refractivity contribution in [2.45, 2.75) is 38.6 Å². The Morgan fingerprint density at radius 1 is 1.38 bits per heavy atom. The largest absolute Gasteiger partial charge is 0.502 e. The van der Waals surface area contributed by atoms with E-state index in [0.29, 0.717) is 5.92 Å². The molecule has 1 aromatic carbocycles. The van der Waals surface area contributed by atoms with E-state index in [1.54, 1.807) is 11.9 Å². The number of amides is 1. The van der Waals surface area contributed by atoms with Crippen molar-refractivity contribution in [1.82, 2.24) is 4.90 Å². The molecule has 1 fully saturated rings. The number of aromatic hydroxyl groups is 1. The van der Waals surface area contributed by atoms with Gasteiger partial charge in [-0.25, -0.2) is 0 Å². The van der Waals surface area contributed by atoms with Gasteiger partial charge in [0.1, 0.15) is 0 Å². The summed E-state index contributed by atoms with van der Waals surface area (Å²) in [7, 11) is 1.70. The first kappa shape index (κ1) is 15.3. The Balaban J connectivity index is 2.27. The highest BCUT2D eigenvalue weighted by molar-refractivity contribution is 5.98. The fourth-order valence-electron chi connectivity index (χ4n) is 3.06. The van der Waals surface area contributed by atoms with Crippen LogP contribution in [-0.2, 0) is 0 Å². The van der Waals surface area contributed by atoms with Crippen molar-refractivity contribution in [2.75, 3.05) is 7.05 Å². The van der Waals surface area contributed by atoms with Gasteiger partial charge in [0.15, 0.2) is 0 Å². The van der Waals surface area contributed by atoms with Gasteiger partial charge >= 0.3 is 5.69 Å². The molecule has 114 valence electrons. The summed E-state index contributed by atoms with van der Waals surface area (Å²) in [5.74, 6) is -0.522. The van der Waals surface area contributed by atoms with Crippen LogP contribution in [0, 0.1) is 16.0 Å². The highest BCUT2D eigenvalue weighted by atomic mass is 16.6. The molecule has 6 nitrogen and oxygen atoms in total. The molecular weight excluding hydrogens is 272 g/mol. The lowest BCUT2D eigenvalue weighted by Gasteiger charge is -2.36. The number of rotatable bonds is 3. The minimum atomic E-state index is -0.685. The van der Waals surface area contributed by atoms with Crippen molar-refractivity contribution in [3.05, 3.63) is 33.9 Å². The highest BCUT2D eigenvalue weighted by Crippen LogP contribution is 2.32. The molecule has 0 saturated heterocycles. The SMILES string of the molecule is CC1CCCCC1N(C)C(=O)c1cccc([N+](=O)[O-])c1O. The van der Waals surface area contributed by atoms with Crippen molar-refractivity contribution >= 4 is 11.6 Å². The number of nitro groups is 1. The zero-order chi connectivity index (χ0) is 15.6. The van der Waals surface area contributed by atoms with Gasteiger partial charge in [-0.05, 0) is 24.8 Å². The molecule has 2 rings (SSSR count). The quantitative estimate of drug-likeness (QED) is 0.685. The zero-order valence-corrected chi connectivity index (χ0v) is 12.3. The van der Waals surface area contributed by atoms with E-state index in [-0.39, 0.29) is 17.5 Å². The normalized spacial score (nSPS) is 21.8. The van der Waals surface area contributed by atoms with Crippen molar-refractivity contribution < 1.29 is 14.8 Å². The lowest BCUT2D eigenvalue weighted by atomic mass is 9.85. The average Bonchev–Trinajstić information content (AvgIpc) is 2.46. The van der Waals surface area contributed by atoms with Gasteiger partial charge < -0.3 is 10.0 Å². The van der Waals surface area contributed by atoms with Crippen LogP contribution < -0.4 is 0 Å². The van der Waals surface area contributed by atoms with E-state index in [4.69, 9.17) is 0 Å². The smallest absolute Gasteiger partial charge is 0.311 e. The first-order valence-electron chi connectivity index (χ1n) is 7.17. The maximum atomic E-state index is 12.5. The maximum absolute atomic E-state index is 12.5. The molecule has 2 unspecified atom stereocenters. The van der Waals surface area contributed by atoms with Gasteiger partial charge in [-0.3, -0.25) is 14.9 Å². The summed E-state index contributed by atoms with van der Waals surface area (Å²) in [6, 6.07) is 4.15. The van der Waals surface area contributed by atoms with E-state index in [1.165, 1.54) is 24.6 Å². The molecule has 1 N–H and O–H groups in total. The third kappa shape index (κ3) is 2.99. The Kier molecular flexibility index (Phi) is 4.45. The third-order valence-corrected chi connectivity index (χ3v) is 4.33. The van der Waals surface area contributed by atoms with E-state index in [2.05, 4.69) is 6.92 Å². The molecule has 0 heterocycles. The number of nitro benzene ring substituents is 1. The number of phenols is 1. The summed E-state index contributed by atoms with van der Waals surface area (Å²) in [5, 5.41) is 20.8. The molecular formula is C15H20N2O4. The second kappa shape index (κ2) is 6.11. The molecule has 1 amide bonds. The maximum Gasteiger partial charge on any atom is 0.311 e. The molecule has 0 spiro atoms. The van der Waals surface area contributed by atoms with E-state index in [9.17, 15) is 20.0 Å². The van der Waals surface area contributed by atoms with Gasteiger partial charge in [0.2, 0.25) is 5.75 Å². The van der Waals surface area contributed by atoms with Crippen LogP contribution in [0.5, 0.6) is 5.75 Å². The number of nitrogens with zero attached hydrogens (tertiary/aromatic N) is 2. The summed E-state index contributed by atoms with van der Waals surface area (Å²) in [6.45, 7) is 2.11.